The van der Waals surface area contributed by atoms with Crippen LogP contribution in [0.25, 0.3) is 10.2 Å². The number of non-ortho nitro benzene ring substituents is 2. The number of carbonyl (C=O) groups excluding carboxylic acids is 1. The van der Waals surface area contributed by atoms with Gasteiger partial charge in [-0.3, -0.25) is 34.9 Å². The Labute approximate surface area is 191 Å². The molecule has 11 heteroatoms. The summed E-state index contributed by atoms with van der Waals surface area (Å²) in [5, 5.41) is 23.0. The number of carbonyl (C=O) groups is 1. The van der Waals surface area contributed by atoms with Crippen molar-refractivity contribution >= 4 is 44.0 Å². The fourth-order valence-electron chi connectivity index (χ4n) is 3.29. The molecule has 166 valence electrons. The molecule has 0 fully saturated rings. The van der Waals surface area contributed by atoms with Crippen molar-refractivity contribution in [1.82, 2.24) is 9.97 Å². The zero-order valence-electron chi connectivity index (χ0n) is 17.6. The third-order valence-electron chi connectivity index (χ3n) is 5.17. The molecule has 0 saturated carbocycles. The van der Waals surface area contributed by atoms with Crippen molar-refractivity contribution in [2.45, 2.75) is 20.4 Å². The Hall–Kier alpha value is -4.25. The molecule has 0 spiro atoms. The van der Waals surface area contributed by atoms with E-state index in [1.54, 1.807) is 24.4 Å². The van der Waals surface area contributed by atoms with Crippen molar-refractivity contribution in [2.24, 2.45) is 0 Å². The number of pyridine rings is 1. The smallest absolute Gasteiger partial charge is 0.277 e. The molecule has 0 aliphatic rings. The molecule has 0 aliphatic heterocycles. The van der Waals surface area contributed by atoms with Crippen molar-refractivity contribution in [3.8, 4) is 0 Å². The van der Waals surface area contributed by atoms with Crippen LogP contribution in [0.1, 0.15) is 27.2 Å². The summed E-state index contributed by atoms with van der Waals surface area (Å²) in [6.45, 7) is 3.94. The van der Waals surface area contributed by atoms with Crippen LogP contribution in [-0.2, 0) is 6.54 Å². The van der Waals surface area contributed by atoms with Gasteiger partial charge < -0.3 is 0 Å². The highest BCUT2D eigenvalue weighted by Crippen LogP contribution is 2.34. The van der Waals surface area contributed by atoms with E-state index in [1.165, 1.54) is 16.2 Å². The highest BCUT2D eigenvalue weighted by Gasteiger charge is 2.27. The summed E-state index contributed by atoms with van der Waals surface area (Å²) in [4.78, 5) is 44.9. The quantitative estimate of drug-likeness (QED) is 0.291. The van der Waals surface area contributed by atoms with E-state index in [1.807, 2.05) is 26.0 Å². The number of benzene rings is 2. The maximum absolute atomic E-state index is 13.5. The van der Waals surface area contributed by atoms with Gasteiger partial charge in [0.1, 0.15) is 0 Å². The van der Waals surface area contributed by atoms with Crippen molar-refractivity contribution < 1.29 is 14.6 Å². The number of aromatic nitrogens is 2. The molecule has 0 aliphatic carbocycles. The minimum absolute atomic E-state index is 0.0357. The fraction of sp³-hybridized carbons (Fsp3) is 0.136. The van der Waals surface area contributed by atoms with Crippen LogP contribution in [0.5, 0.6) is 0 Å². The molecule has 0 unspecified atom stereocenters. The molecule has 33 heavy (non-hydrogen) atoms. The highest BCUT2D eigenvalue weighted by atomic mass is 32.1. The molecule has 4 aromatic rings. The van der Waals surface area contributed by atoms with Gasteiger partial charge in [0, 0.05) is 18.3 Å². The monoisotopic (exact) mass is 463 g/mol. The SMILES string of the molecule is Cc1ccc2sc(N(Cc3ccccn3)C(=O)c3cc([N+](=O)[O-])cc([N+](=O)[O-])c3)nc2c1C. The van der Waals surface area contributed by atoms with E-state index in [-0.39, 0.29) is 12.1 Å². The Balaban J connectivity index is 1.85. The van der Waals surface area contributed by atoms with Crippen LogP contribution in [0.3, 0.4) is 0 Å². The van der Waals surface area contributed by atoms with E-state index in [0.717, 1.165) is 39.5 Å². The molecule has 4 rings (SSSR count). The molecule has 0 radical (unpaired) electrons. The maximum atomic E-state index is 13.5. The first-order valence-corrected chi connectivity index (χ1v) is 10.6. The van der Waals surface area contributed by atoms with Crippen molar-refractivity contribution in [3.63, 3.8) is 0 Å². The van der Waals surface area contributed by atoms with Crippen LogP contribution in [-0.4, -0.2) is 25.7 Å². The second-order valence-corrected chi connectivity index (χ2v) is 8.32. The summed E-state index contributed by atoms with van der Waals surface area (Å²) in [6, 6.07) is 12.0. The molecule has 1 amide bonds. The van der Waals surface area contributed by atoms with Crippen LogP contribution in [0.2, 0.25) is 0 Å². The van der Waals surface area contributed by atoms with Gasteiger partial charge in [0.25, 0.3) is 17.3 Å². The van der Waals surface area contributed by atoms with Crippen LogP contribution < -0.4 is 4.90 Å². The molecular formula is C22H17N5O5S. The standard InChI is InChI=1S/C22H17N5O5S/c1-13-6-7-19-20(14(13)2)24-22(33-19)25(12-16-5-3-4-8-23-16)21(28)15-9-17(26(29)30)11-18(10-15)27(31)32/h3-11H,12H2,1-2H3. The largest absolute Gasteiger partial charge is 0.278 e. The average Bonchev–Trinajstić information content (AvgIpc) is 3.24. The van der Waals surface area contributed by atoms with Crippen LogP contribution in [0.4, 0.5) is 16.5 Å². The summed E-state index contributed by atoms with van der Waals surface area (Å²) >= 11 is 1.29. The number of fused-ring (bicyclic) bond motifs is 1. The predicted octanol–water partition coefficient (Wildman–Crippen LogP) is 4.97. The third kappa shape index (κ3) is 4.39. The Kier molecular flexibility index (Phi) is 5.80. The Morgan fingerprint density at radius 3 is 2.33 bits per heavy atom. The fourth-order valence-corrected chi connectivity index (χ4v) is 4.32. The zero-order valence-corrected chi connectivity index (χ0v) is 18.4. The van der Waals surface area contributed by atoms with E-state index >= 15 is 0 Å². The summed E-state index contributed by atoms with van der Waals surface area (Å²) < 4.78 is 0.872. The molecule has 0 atom stereocenters. The molecular weight excluding hydrogens is 446 g/mol. The molecule has 0 saturated heterocycles. The topological polar surface area (TPSA) is 132 Å². The molecule has 0 N–H and O–H groups in total. The number of nitrogens with zero attached hydrogens (tertiary/aromatic N) is 5. The van der Waals surface area contributed by atoms with E-state index in [2.05, 4.69) is 9.97 Å². The highest BCUT2D eigenvalue weighted by molar-refractivity contribution is 7.22. The van der Waals surface area contributed by atoms with E-state index in [4.69, 9.17) is 0 Å². The van der Waals surface area contributed by atoms with Gasteiger partial charge in [0.2, 0.25) is 0 Å². The number of aryl methyl sites for hydroxylation is 2. The third-order valence-corrected chi connectivity index (χ3v) is 6.21. The van der Waals surface area contributed by atoms with Gasteiger partial charge in [-0.25, -0.2) is 4.98 Å². The predicted molar refractivity (Wildman–Crippen MR) is 124 cm³/mol. The van der Waals surface area contributed by atoms with Gasteiger partial charge in [-0.2, -0.15) is 0 Å². The molecule has 2 aromatic carbocycles. The number of rotatable bonds is 6. The second-order valence-electron chi connectivity index (χ2n) is 7.32. The summed E-state index contributed by atoms with van der Waals surface area (Å²) in [6.07, 6.45) is 1.59. The normalized spacial score (nSPS) is 10.8. The number of nitro groups is 2. The van der Waals surface area contributed by atoms with Crippen molar-refractivity contribution in [3.05, 3.63) is 97.3 Å². The van der Waals surface area contributed by atoms with Gasteiger partial charge in [0.15, 0.2) is 5.13 Å². The van der Waals surface area contributed by atoms with Gasteiger partial charge in [0.05, 0.1) is 43.9 Å². The van der Waals surface area contributed by atoms with Crippen LogP contribution in [0, 0.1) is 34.1 Å². The lowest BCUT2D eigenvalue weighted by atomic mass is 10.1. The van der Waals surface area contributed by atoms with Crippen molar-refractivity contribution in [2.75, 3.05) is 4.90 Å². The number of hydrogen-bond donors (Lipinski definition) is 0. The van der Waals surface area contributed by atoms with Gasteiger partial charge in [-0.05, 0) is 43.2 Å². The van der Waals surface area contributed by atoms with Crippen LogP contribution >= 0.6 is 11.3 Å². The number of nitro benzene ring substituents is 2. The molecule has 0 bridgehead atoms. The minimum Gasteiger partial charge on any atom is -0.278 e. The lowest BCUT2D eigenvalue weighted by molar-refractivity contribution is -0.394. The van der Waals surface area contributed by atoms with Crippen molar-refractivity contribution in [1.29, 1.82) is 0 Å². The Bertz CT molecular complexity index is 1370. The Morgan fingerprint density at radius 2 is 1.73 bits per heavy atom. The first-order valence-electron chi connectivity index (χ1n) is 9.77. The van der Waals surface area contributed by atoms with Gasteiger partial charge >= 0.3 is 0 Å². The number of hydrogen-bond acceptors (Lipinski definition) is 8. The zero-order chi connectivity index (χ0) is 23.7. The average molecular weight is 463 g/mol. The maximum Gasteiger partial charge on any atom is 0.277 e. The van der Waals surface area contributed by atoms with E-state index in [9.17, 15) is 25.0 Å². The Morgan fingerprint density at radius 1 is 1.03 bits per heavy atom. The van der Waals surface area contributed by atoms with Gasteiger partial charge in [-0.15, -0.1) is 0 Å². The minimum atomic E-state index is -0.767. The lowest BCUT2D eigenvalue weighted by Gasteiger charge is -2.19. The molecule has 10 nitrogen and oxygen atoms in total. The summed E-state index contributed by atoms with van der Waals surface area (Å²) in [7, 11) is 0. The first-order chi connectivity index (χ1) is 15.7. The lowest BCUT2D eigenvalue weighted by Crippen LogP contribution is -2.30. The number of thiazole rings is 1. The summed E-state index contributed by atoms with van der Waals surface area (Å²) in [5.74, 6) is -0.652. The van der Waals surface area contributed by atoms with Gasteiger partial charge in [-0.1, -0.05) is 23.5 Å². The summed E-state index contributed by atoms with van der Waals surface area (Å²) in [5.41, 5.74) is 2.08. The number of anilines is 1. The second kappa shape index (κ2) is 8.71. The number of amides is 1. The van der Waals surface area contributed by atoms with E-state index < -0.39 is 27.1 Å². The van der Waals surface area contributed by atoms with E-state index in [0.29, 0.717) is 10.8 Å². The van der Waals surface area contributed by atoms with Crippen LogP contribution in [0.15, 0.2) is 54.7 Å². The molecule has 2 heterocycles. The first kappa shape index (κ1) is 22.0. The molecule has 2 aromatic heterocycles.